The van der Waals surface area contributed by atoms with Gasteiger partial charge in [0.1, 0.15) is 0 Å². The Balaban J connectivity index is 3.50. The molecule has 0 aromatic heterocycles. The number of carbonyl (C=O) groups is 2. The van der Waals surface area contributed by atoms with Gasteiger partial charge in [-0.2, -0.15) is 0 Å². The minimum Gasteiger partial charge on any atom is -0.463 e. The Morgan fingerprint density at radius 2 is 1.03 bits per heavy atom. The van der Waals surface area contributed by atoms with Gasteiger partial charge in [-0.15, -0.1) is 0 Å². The van der Waals surface area contributed by atoms with Crippen molar-refractivity contribution in [2.24, 2.45) is 0 Å². The summed E-state index contributed by atoms with van der Waals surface area (Å²) in [5, 5.41) is 0. The second kappa shape index (κ2) is 18.6. The van der Waals surface area contributed by atoms with Crippen LogP contribution in [0.25, 0.3) is 0 Å². The molecule has 0 fully saturated rings. The average molecular weight is 434 g/mol. The molecule has 0 rings (SSSR count). The maximum atomic E-state index is 11.7. The van der Waals surface area contributed by atoms with Crippen molar-refractivity contribution in [1.29, 1.82) is 0 Å². The third-order valence-electron chi connectivity index (χ3n) is 3.68. The van der Waals surface area contributed by atoms with Crippen LogP contribution in [-0.4, -0.2) is 43.3 Å². The summed E-state index contributed by atoms with van der Waals surface area (Å²) in [5.74, 6) is -0.691. The quantitative estimate of drug-likeness (QED) is 0.146. The van der Waals surface area contributed by atoms with E-state index in [1.54, 1.807) is 26.0 Å². The Labute approximate surface area is 173 Å². The predicted molar refractivity (Wildman–Crippen MR) is 110 cm³/mol. The van der Waals surface area contributed by atoms with Crippen molar-refractivity contribution >= 4 is 19.8 Å². The van der Waals surface area contributed by atoms with Crippen molar-refractivity contribution in [1.82, 2.24) is 0 Å². The minimum absolute atomic E-state index is 0.143. The number of esters is 2. The highest BCUT2D eigenvalue weighted by Crippen LogP contribution is 2.43. The number of ether oxygens (including phenoxy) is 2. The molecule has 0 unspecified atom stereocenters. The fraction of sp³-hybridized carbons (Fsp3) is 0.700. The highest BCUT2D eigenvalue weighted by molar-refractivity contribution is 7.47. The SMILES string of the molecule is CC=CC(=O)OCCCCCCOP(=O)(O)OCCCCCCOC(=O)C=CC. The van der Waals surface area contributed by atoms with E-state index in [1.807, 2.05) is 0 Å². The lowest BCUT2D eigenvalue weighted by Crippen LogP contribution is -2.03. The van der Waals surface area contributed by atoms with Gasteiger partial charge in [0.05, 0.1) is 26.4 Å². The maximum absolute atomic E-state index is 11.7. The van der Waals surface area contributed by atoms with E-state index in [2.05, 4.69) is 0 Å². The number of rotatable bonds is 18. The van der Waals surface area contributed by atoms with Gasteiger partial charge in [0.15, 0.2) is 0 Å². The number of hydrogen-bond acceptors (Lipinski definition) is 7. The van der Waals surface area contributed by atoms with Gasteiger partial charge in [-0.3, -0.25) is 9.05 Å². The molecule has 0 heterocycles. The first-order valence-electron chi connectivity index (χ1n) is 10.1. The van der Waals surface area contributed by atoms with Crippen molar-refractivity contribution in [3.05, 3.63) is 24.3 Å². The normalized spacial score (nSPS) is 13.6. The van der Waals surface area contributed by atoms with Crippen LogP contribution in [0.4, 0.5) is 0 Å². The fourth-order valence-electron chi connectivity index (χ4n) is 2.23. The summed E-state index contributed by atoms with van der Waals surface area (Å²) in [6.45, 7) is 4.51. The van der Waals surface area contributed by atoms with Gasteiger partial charge in [0.25, 0.3) is 0 Å². The van der Waals surface area contributed by atoms with Gasteiger partial charge in [0.2, 0.25) is 0 Å². The zero-order chi connectivity index (χ0) is 21.8. The molecule has 0 spiro atoms. The number of phosphoric ester groups is 1. The van der Waals surface area contributed by atoms with Crippen molar-refractivity contribution < 1.29 is 37.6 Å². The van der Waals surface area contributed by atoms with Gasteiger partial charge in [0, 0.05) is 12.2 Å². The van der Waals surface area contributed by atoms with Crippen LogP contribution >= 0.6 is 7.82 Å². The van der Waals surface area contributed by atoms with E-state index in [9.17, 15) is 19.0 Å². The highest BCUT2D eigenvalue weighted by Gasteiger charge is 2.19. The molecule has 0 aromatic rings. The van der Waals surface area contributed by atoms with Gasteiger partial charge < -0.3 is 14.4 Å². The molecule has 0 aliphatic heterocycles. The Hall–Kier alpha value is -1.47. The first-order valence-corrected chi connectivity index (χ1v) is 11.6. The summed E-state index contributed by atoms with van der Waals surface area (Å²) in [5.41, 5.74) is 0. The number of phosphoric acid groups is 1. The van der Waals surface area contributed by atoms with Crippen molar-refractivity contribution in [3.8, 4) is 0 Å². The Morgan fingerprint density at radius 1 is 0.690 bits per heavy atom. The Bertz CT molecular complexity index is 501. The number of carbonyl (C=O) groups excluding carboxylic acids is 2. The molecule has 0 aliphatic rings. The van der Waals surface area contributed by atoms with E-state index in [1.165, 1.54) is 12.2 Å². The second-order valence-corrected chi connectivity index (χ2v) is 7.75. The van der Waals surface area contributed by atoms with Gasteiger partial charge >= 0.3 is 19.8 Å². The van der Waals surface area contributed by atoms with Gasteiger partial charge in [-0.1, -0.05) is 25.0 Å². The van der Waals surface area contributed by atoms with Crippen LogP contribution in [0.3, 0.4) is 0 Å². The molecular weight excluding hydrogens is 399 g/mol. The van der Waals surface area contributed by atoms with Crippen LogP contribution in [0.1, 0.15) is 65.2 Å². The number of unbranched alkanes of at least 4 members (excludes halogenated alkanes) is 6. The minimum atomic E-state index is -4.01. The number of allylic oxidation sites excluding steroid dienone is 2. The first-order chi connectivity index (χ1) is 13.9. The summed E-state index contributed by atoms with van der Waals surface area (Å²) < 4.78 is 31.5. The fourth-order valence-corrected chi connectivity index (χ4v) is 3.02. The molecule has 8 nitrogen and oxygen atoms in total. The van der Waals surface area contributed by atoms with Crippen LogP contribution in [0.5, 0.6) is 0 Å². The monoisotopic (exact) mass is 434 g/mol. The molecule has 1 N–H and O–H groups in total. The lowest BCUT2D eigenvalue weighted by molar-refractivity contribution is -0.138. The molecule has 0 aliphatic carbocycles. The molecule has 0 radical (unpaired) electrons. The maximum Gasteiger partial charge on any atom is 0.472 e. The molecule has 0 bridgehead atoms. The van der Waals surface area contributed by atoms with E-state index in [0.717, 1.165) is 38.5 Å². The smallest absolute Gasteiger partial charge is 0.463 e. The topological polar surface area (TPSA) is 108 Å². The average Bonchev–Trinajstić information content (AvgIpc) is 2.66. The molecule has 0 amide bonds. The van der Waals surface area contributed by atoms with Crippen molar-refractivity contribution in [3.63, 3.8) is 0 Å². The van der Waals surface area contributed by atoms with E-state index in [0.29, 0.717) is 26.1 Å². The standard InChI is InChI=1S/C20H35O8P/c1-3-13-19(21)25-15-9-5-7-11-17-27-29(23,24)28-18-12-8-6-10-16-26-20(22)14-4-2/h3-4,13-14H,5-12,15-18H2,1-2H3,(H,23,24). The molecule has 29 heavy (non-hydrogen) atoms. The van der Waals surface area contributed by atoms with Crippen LogP contribution in [-0.2, 0) is 32.7 Å². The Kier molecular flexibility index (Phi) is 17.6. The number of hydrogen-bond donors (Lipinski definition) is 1. The van der Waals surface area contributed by atoms with Crippen LogP contribution in [0, 0.1) is 0 Å². The summed E-state index contributed by atoms with van der Waals surface area (Å²) in [7, 11) is -4.01. The predicted octanol–water partition coefficient (Wildman–Crippen LogP) is 4.48. The van der Waals surface area contributed by atoms with Crippen LogP contribution < -0.4 is 0 Å². The van der Waals surface area contributed by atoms with E-state index in [4.69, 9.17) is 18.5 Å². The second-order valence-electron chi connectivity index (χ2n) is 6.30. The molecule has 0 atom stereocenters. The molecule has 168 valence electrons. The van der Waals surface area contributed by atoms with Gasteiger partial charge in [-0.05, 0) is 52.4 Å². The highest BCUT2D eigenvalue weighted by atomic mass is 31.2. The zero-order valence-electron chi connectivity index (χ0n) is 17.5. The first kappa shape index (κ1) is 27.5. The summed E-state index contributed by atoms with van der Waals surface area (Å²) >= 11 is 0. The largest absolute Gasteiger partial charge is 0.472 e. The van der Waals surface area contributed by atoms with Crippen molar-refractivity contribution in [2.75, 3.05) is 26.4 Å². The summed E-state index contributed by atoms with van der Waals surface area (Å²) in [6.07, 6.45) is 12.0. The zero-order valence-corrected chi connectivity index (χ0v) is 18.4. The molecular formula is C20H35O8P. The molecule has 0 saturated carbocycles. The molecule has 9 heteroatoms. The summed E-state index contributed by atoms with van der Waals surface area (Å²) in [4.78, 5) is 31.8. The Morgan fingerprint density at radius 3 is 1.38 bits per heavy atom. The third kappa shape index (κ3) is 19.6. The molecule has 0 aromatic carbocycles. The molecule has 0 saturated heterocycles. The lowest BCUT2D eigenvalue weighted by atomic mass is 10.2. The summed E-state index contributed by atoms with van der Waals surface area (Å²) in [6, 6.07) is 0. The lowest BCUT2D eigenvalue weighted by Gasteiger charge is -2.12. The van der Waals surface area contributed by atoms with E-state index < -0.39 is 7.82 Å². The third-order valence-corrected chi connectivity index (χ3v) is 4.70. The van der Waals surface area contributed by atoms with Crippen molar-refractivity contribution in [2.45, 2.75) is 65.2 Å². The van der Waals surface area contributed by atoms with E-state index in [-0.39, 0.29) is 25.2 Å². The van der Waals surface area contributed by atoms with Gasteiger partial charge in [-0.25, -0.2) is 14.2 Å². The van der Waals surface area contributed by atoms with E-state index >= 15 is 0 Å². The van der Waals surface area contributed by atoms with Crippen LogP contribution in [0.2, 0.25) is 0 Å². The van der Waals surface area contributed by atoms with Crippen LogP contribution in [0.15, 0.2) is 24.3 Å².